The van der Waals surface area contributed by atoms with E-state index >= 15 is 0 Å². The highest BCUT2D eigenvalue weighted by molar-refractivity contribution is 5.95. The van der Waals surface area contributed by atoms with E-state index in [9.17, 15) is 10.1 Å². The summed E-state index contributed by atoms with van der Waals surface area (Å²) in [5.41, 5.74) is 9.60. The number of rotatable bonds is 5. The topological polar surface area (TPSA) is 106 Å². The number of nitriles is 1. The SMILES string of the molecule is N#CN(C(=O)c1ccncc1)[C@@H](CN=[N+]=[N-])c1ccccc1. The van der Waals surface area contributed by atoms with Crippen molar-refractivity contribution in [3.8, 4) is 6.19 Å². The predicted octanol–water partition coefficient (Wildman–Crippen LogP) is 3.06. The first kappa shape index (κ1) is 15.0. The summed E-state index contributed by atoms with van der Waals surface area (Å²) >= 11 is 0. The Morgan fingerprint density at radius 3 is 2.59 bits per heavy atom. The Morgan fingerprint density at radius 1 is 1.32 bits per heavy atom. The van der Waals surface area contributed by atoms with Gasteiger partial charge in [-0.15, -0.1) is 0 Å². The maximum Gasteiger partial charge on any atom is 0.267 e. The van der Waals surface area contributed by atoms with Gasteiger partial charge in [-0.1, -0.05) is 35.4 Å². The van der Waals surface area contributed by atoms with Gasteiger partial charge in [-0.05, 0) is 23.2 Å². The molecule has 1 amide bonds. The van der Waals surface area contributed by atoms with Crippen LogP contribution in [-0.4, -0.2) is 22.3 Å². The fourth-order valence-electron chi connectivity index (χ4n) is 2.02. The molecule has 0 saturated carbocycles. The van der Waals surface area contributed by atoms with Gasteiger partial charge in [-0.25, -0.2) is 4.90 Å². The van der Waals surface area contributed by atoms with Crippen LogP contribution in [0.15, 0.2) is 60.0 Å². The van der Waals surface area contributed by atoms with Gasteiger partial charge in [0.15, 0.2) is 6.19 Å². The maximum absolute atomic E-state index is 12.5. The standard InChI is InChI=1S/C15H12N6O/c16-11-21(15(22)13-6-8-18-9-7-13)14(10-19-20-17)12-4-2-1-3-5-12/h1-9,14H,10H2/t14-/m0/s1. The minimum atomic E-state index is -0.650. The lowest BCUT2D eigenvalue weighted by Crippen LogP contribution is -2.32. The Kier molecular flexibility index (Phi) is 5.08. The monoisotopic (exact) mass is 292 g/mol. The molecule has 1 aromatic heterocycles. The van der Waals surface area contributed by atoms with Crippen LogP contribution < -0.4 is 0 Å². The molecule has 22 heavy (non-hydrogen) atoms. The molecule has 0 unspecified atom stereocenters. The molecule has 0 N–H and O–H groups in total. The fraction of sp³-hybridized carbons (Fsp3) is 0.133. The van der Waals surface area contributed by atoms with Crippen LogP contribution in [0.5, 0.6) is 0 Å². The molecule has 2 aromatic rings. The normalized spacial score (nSPS) is 10.9. The lowest BCUT2D eigenvalue weighted by atomic mass is 10.0. The van der Waals surface area contributed by atoms with Gasteiger partial charge in [0, 0.05) is 22.9 Å². The van der Waals surface area contributed by atoms with Crippen LogP contribution in [-0.2, 0) is 0 Å². The third-order valence-electron chi connectivity index (χ3n) is 3.07. The molecule has 1 heterocycles. The number of pyridine rings is 1. The molecule has 0 aliphatic heterocycles. The lowest BCUT2D eigenvalue weighted by Gasteiger charge is -2.24. The smallest absolute Gasteiger partial charge is 0.267 e. The molecular weight excluding hydrogens is 280 g/mol. The van der Waals surface area contributed by atoms with E-state index in [1.54, 1.807) is 24.3 Å². The summed E-state index contributed by atoms with van der Waals surface area (Å²) in [4.78, 5) is 20.1. The van der Waals surface area contributed by atoms with Crippen molar-refractivity contribution >= 4 is 5.91 Å². The molecular formula is C15H12N6O. The van der Waals surface area contributed by atoms with Crippen LogP contribution in [0.3, 0.4) is 0 Å². The van der Waals surface area contributed by atoms with E-state index in [1.807, 2.05) is 12.3 Å². The first-order chi connectivity index (χ1) is 10.8. The summed E-state index contributed by atoms with van der Waals surface area (Å²) in [5.74, 6) is -0.466. The zero-order chi connectivity index (χ0) is 15.8. The number of aromatic nitrogens is 1. The van der Waals surface area contributed by atoms with Gasteiger partial charge in [-0.3, -0.25) is 9.78 Å². The molecule has 1 aromatic carbocycles. The molecule has 0 bridgehead atoms. The quantitative estimate of drug-likeness (QED) is 0.278. The average Bonchev–Trinajstić information content (AvgIpc) is 2.59. The number of benzene rings is 1. The molecule has 0 fully saturated rings. The van der Waals surface area contributed by atoms with E-state index in [1.165, 1.54) is 24.5 Å². The fourth-order valence-corrected chi connectivity index (χ4v) is 2.02. The summed E-state index contributed by atoms with van der Waals surface area (Å²) in [6.45, 7) is -0.0229. The minimum Gasteiger partial charge on any atom is -0.268 e. The Labute approximate surface area is 127 Å². The van der Waals surface area contributed by atoms with Gasteiger partial charge >= 0.3 is 0 Å². The largest absolute Gasteiger partial charge is 0.268 e. The van der Waals surface area contributed by atoms with Crippen LogP contribution in [0.25, 0.3) is 10.4 Å². The van der Waals surface area contributed by atoms with Gasteiger partial charge in [-0.2, -0.15) is 5.26 Å². The second-order valence-electron chi connectivity index (χ2n) is 4.35. The maximum atomic E-state index is 12.5. The number of hydrogen-bond donors (Lipinski definition) is 0. The van der Waals surface area contributed by atoms with E-state index in [4.69, 9.17) is 5.53 Å². The van der Waals surface area contributed by atoms with Crippen molar-refractivity contribution in [2.75, 3.05) is 6.54 Å². The van der Waals surface area contributed by atoms with Crippen LogP contribution in [0, 0.1) is 11.5 Å². The lowest BCUT2D eigenvalue weighted by molar-refractivity contribution is 0.0784. The second-order valence-corrected chi connectivity index (χ2v) is 4.35. The molecule has 7 heteroatoms. The molecule has 0 aliphatic rings. The average molecular weight is 292 g/mol. The number of hydrogen-bond acceptors (Lipinski definition) is 4. The molecule has 108 valence electrons. The predicted molar refractivity (Wildman–Crippen MR) is 79.2 cm³/mol. The Hall–Kier alpha value is -3.36. The van der Waals surface area contributed by atoms with E-state index in [0.717, 1.165) is 10.5 Å². The van der Waals surface area contributed by atoms with Crippen LogP contribution in [0.2, 0.25) is 0 Å². The van der Waals surface area contributed by atoms with Gasteiger partial charge in [0.1, 0.15) is 0 Å². The van der Waals surface area contributed by atoms with Crippen molar-refractivity contribution in [3.63, 3.8) is 0 Å². The van der Waals surface area contributed by atoms with Gasteiger partial charge in [0.05, 0.1) is 12.6 Å². The zero-order valence-corrected chi connectivity index (χ0v) is 11.6. The summed E-state index contributed by atoms with van der Waals surface area (Å²) < 4.78 is 0. The summed E-state index contributed by atoms with van der Waals surface area (Å²) in [7, 11) is 0. The van der Waals surface area contributed by atoms with Crippen molar-refractivity contribution in [1.29, 1.82) is 5.26 Å². The van der Waals surface area contributed by atoms with E-state index in [-0.39, 0.29) is 6.54 Å². The number of nitrogens with zero attached hydrogens (tertiary/aromatic N) is 6. The third-order valence-corrected chi connectivity index (χ3v) is 3.07. The van der Waals surface area contributed by atoms with Gasteiger partial charge in [0.2, 0.25) is 0 Å². The van der Waals surface area contributed by atoms with Crippen LogP contribution in [0.1, 0.15) is 22.0 Å². The van der Waals surface area contributed by atoms with Crippen molar-refractivity contribution in [1.82, 2.24) is 9.88 Å². The van der Waals surface area contributed by atoms with Gasteiger partial charge < -0.3 is 0 Å². The highest BCUT2D eigenvalue weighted by Gasteiger charge is 2.25. The highest BCUT2D eigenvalue weighted by Crippen LogP contribution is 2.22. The third kappa shape index (κ3) is 3.39. The Bertz CT molecular complexity index is 719. The summed E-state index contributed by atoms with van der Waals surface area (Å²) in [6.07, 6.45) is 4.85. The van der Waals surface area contributed by atoms with Crippen LogP contribution >= 0.6 is 0 Å². The van der Waals surface area contributed by atoms with Crippen LogP contribution in [0.4, 0.5) is 0 Å². The number of azide groups is 1. The van der Waals surface area contributed by atoms with Crippen molar-refractivity contribution < 1.29 is 4.79 Å². The van der Waals surface area contributed by atoms with E-state index in [2.05, 4.69) is 15.0 Å². The Balaban J connectivity index is 2.38. The molecule has 0 saturated heterocycles. The molecule has 1 atom stereocenters. The molecule has 0 radical (unpaired) electrons. The summed E-state index contributed by atoms with van der Waals surface area (Å²) in [6, 6.07) is 11.4. The molecule has 2 rings (SSSR count). The Morgan fingerprint density at radius 2 is 2.00 bits per heavy atom. The zero-order valence-electron chi connectivity index (χ0n) is 11.6. The van der Waals surface area contributed by atoms with E-state index in [0.29, 0.717) is 5.56 Å². The molecule has 0 aliphatic carbocycles. The highest BCUT2D eigenvalue weighted by atomic mass is 16.2. The van der Waals surface area contributed by atoms with Crippen molar-refractivity contribution in [3.05, 3.63) is 76.4 Å². The first-order valence-corrected chi connectivity index (χ1v) is 6.47. The molecule has 7 nitrogen and oxygen atoms in total. The first-order valence-electron chi connectivity index (χ1n) is 6.47. The number of amides is 1. The molecule has 0 spiro atoms. The number of carbonyl (C=O) groups is 1. The van der Waals surface area contributed by atoms with E-state index < -0.39 is 11.9 Å². The second kappa shape index (κ2) is 7.43. The van der Waals surface area contributed by atoms with Crippen molar-refractivity contribution in [2.24, 2.45) is 5.11 Å². The van der Waals surface area contributed by atoms with Gasteiger partial charge in [0.25, 0.3) is 5.91 Å². The number of carbonyl (C=O) groups excluding carboxylic acids is 1. The summed E-state index contributed by atoms with van der Waals surface area (Å²) in [5, 5.41) is 12.9. The van der Waals surface area contributed by atoms with Crippen molar-refractivity contribution in [2.45, 2.75) is 6.04 Å². The minimum absolute atomic E-state index is 0.0229.